The van der Waals surface area contributed by atoms with Crippen molar-refractivity contribution < 1.29 is 18.4 Å². The zero-order valence-electron chi connectivity index (χ0n) is 8.89. The molecule has 1 aromatic carbocycles. The van der Waals surface area contributed by atoms with Gasteiger partial charge in [0, 0.05) is 0 Å². The molecule has 1 aliphatic heterocycles. The van der Waals surface area contributed by atoms with Crippen LogP contribution in [0.25, 0.3) is 0 Å². The molecule has 0 bridgehead atoms. The number of benzene rings is 1. The lowest BCUT2D eigenvalue weighted by atomic mass is 10.3. The van der Waals surface area contributed by atoms with Gasteiger partial charge in [-0.05, 0) is 12.1 Å². The van der Waals surface area contributed by atoms with Crippen LogP contribution in [0.5, 0.6) is 0 Å². The Morgan fingerprint density at radius 1 is 1.28 bits per heavy atom. The second kappa shape index (κ2) is 4.11. The SMILES string of the molecule is NC1=NS(=O)(=O)N(c2ccccc2)C(=O)/C1=N\O. The summed E-state index contributed by atoms with van der Waals surface area (Å²) in [6.07, 6.45) is 0. The summed E-state index contributed by atoms with van der Waals surface area (Å²) in [6.45, 7) is 0. The Morgan fingerprint density at radius 2 is 1.89 bits per heavy atom. The van der Waals surface area contributed by atoms with Gasteiger partial charge in [0.05, 0.1) is 5.69 Å². The summed E-state index contributed by atoms with van der Waals surface area (Å²) in [7, 11) is -4.26. The highest BCUT2D eigenvalue weighted by Gasteiger charge is 2.39. The molecule has 0 spiro atoms. The van der Waals surface area contributed by atoms with Crippen LogP contribution in [0.15, 0.2) is 39.9 Å². The molecule has 0 saturated carbocycles. The van der Waals surface area contributed by atoms with E-state index in [2.05, 4.69) is 9.55 Å². The summed E-state index contributed by atoms with van der Waals surface area (Å²) in [6, 6.07) is 7.57. The van der Waals surface area contributed by atoms with Crippen molar-refractivity contribution in [1.82, 2.24) is 0 Å². The number of amides is 1. The van der Waals surface area contributed by atoms with Gasteiger partial charge in [-0.2, -0.15) is 12.7 Å². The summed E-state index contributed by atoms with van der Waals surface area (Å²) in [5, 5.41) is 11.3. The van der Waals surface area contributed by atoms with Gasteiger partial charge < -0.3 is 10.9 Å². The van der Waals surface area contributed by atoms with Gasteiger partial charge in [-0.15, -0.1) is 4.40 Å². The molecule has 0 saturated heterocycles. The number of oxime groups is 1. The van der Waals surface area contributed by atoms with Gasteiger partial charge in [-0.25, -0.2) is 0 Å². The van der Waals surface area contributed by atoms with Crippen LogP contribution in [0, 0.1) is 0 Å². The highest BCUT2D eigenvalue weighted by Crippen LogP contribution is 2.21. The van der Waals surface area contributed by atoms with Crippen LogP contribution >= 0.6 is 0 Å². The number of hydrogen-bond donors (Lipinski definition) is 2. The lowest BCUT2D eigenvalue weighted by Crippen LogP contribution is -2.50. The van der Waals surface area contributed by atoms with E-state index in [4.69, 9.17) is 10.9 Å². The Bertz CT molecular complexity index is 650. The number of para-hydroxylation sites is 1. The van der Waals surface area contributed by atoms with Crippen molar-refractivity contribution in [2.75, 3.05) is 4.31 Å². The van der Waals surface area contributed by atoms with Crippen molar-refractivity contribution in [2.24, 2.45) is 15.3 Å². The topological polar surface area (TPSA) is 125 Å². The van der Waals surface area contributed by atoms with Crippen LogP contribution in [0.2, 0.25) is 0 Å². The average Bonchev–Trinajstić information content (AvgIpc) is 2.29. The van der Waals surface area contributed by atoms with Crippen molar-refractivity contribution >= 4 is 33.4 Å². The van der Waals surface area contributed by atoms with E-state index < -0.39 is 27.7 Å². The smallest absolute Gasteiger partial charge is 0.353 e. The van der Waals surface area contributed by atoms with Gasteiger partial charge >= 0.3 is 10.2 Å². The summed E-state index contributed by atoms with van der Waals surface area (Å²) >= 11 is 0. The number of hydrogen-bond acceptors (Lipinski definition) is 6. The van der Waals surface area contributed by atoms with Crippen LogP contribution in [0.1, 0.15) is 0 Å². The van der Waals surface area contributed by atoms with E-state index >= 15 is 0 Å². The molecule has 1 amide bonds. The molecule has 0 radical (unpaired) electrons. The fourth-order valence-electron chi connectivity index (χ4n) is 1.43. The minimum absolute atomic E-state index is 0.0832. The first-order valence-electron chi connectivity index (χ1n) is 4.70. The van der Waals surface area contributed by atoms with E-state index in [0.717, 1.165) is 0 Å². The minimum Gasteiger partial charge on any atom is -0.410 e. The Balaban J connectivity index is 2.65. The third-order valence-electron chi connectivity index (χ3n) is 2.16. The Morgan fingerprint density at radius 3 is 2.44 bits per heavy atom. The molecule has 0 atom stereocenters. The maximum atomic E-state index is 11.9. The minimum atomic E-state index is -4.26. The molecule has 0 unspecified atom stereocenters. The molecule has 8 nitrogen and oxygen atoms in total. The van der Waals surface area contributed by atoms with Gasteiger partial charge in [0.25, 0.3) is 5.91 Å². The first-order chi connectivity index (χ1) is 8.47. The lowest BCUT2D eigenvalue weighted by molar-refractivity contribution is -0.111. The van der Waals surface area contributed by atoms with E-state index in [9.17, 15) is 13.2 Å². The zero-order valence-corrected chi connectivity index (χ0v) is 9.70. The first kappa shape index (κ1) is 12.0. The van der Waals surface area contributed by atoms with Crippen molar-refractivity contribution in [3.05, 3.63) is 30.3 Å². The van der Waals surface area contributed by atoms with Crippen molar-refractivity contribution in [3.63, 3.8) is 0 Å². The fraction of sp³-hybridized carbons (Fsp3) is 0. The Labute approximate surface area is 102 Å². The van der Waals surface area contributed by atoms with Gasteiger partial charge in [0.2, 0.25) is 5.71 Å². The predicted molar refractivity (Wildman–Crippen MR) is 63.7 cm³/mol. The van der Waals surface area contributed by atoms with Gasteiger partial charge in [-0.1, -0.05) is 23.4 Å². The maximum Gasteiger partial charge on any atom is 0.353 e. The zero-order chi connectivity index (χ0) is 13.3. The van der Waals surface area contributed by atoms with Gasteiger partial charge in [0.15, 0.2) is 5.84 Å². The molecular weight excluding hydrogens is 260 g/mol. The molecule has 1 aliphatic rings. The number of carbonyl (C=O) groups excluding carboxylic acids is 1. The summed E-state index contributed by atoms with van der Waals surface area (Å²) in [4.78, 5) is 11.9. The fourth-order valence-corrected chi connectivity index (χ4v) is 2.53. The standard InChI is InChI=1S/C9H8N4O4S/c10-8-7(11-15)9(14)13(18(16,17)12-8)6-4-2-1-3-5-6/h1-5,15H,(H2,10,12)/b11-7-. The van der Waals surface area contributed by atoms with Crippen molar-refractivity contribution in [1.29, 1.82) is 0 Å². The highest BCUT2D eigenvalue weighted by molar-refractivity contribution is 7.93. The van der Waals surface area contributed by atoms with E-state index in [-0.39, 0.29) is 5.69 Å². The van der Waals surface area contributed by atoms with Crippen molar-refractivity contribution in [2.45, 2.75) is 0 Å². The van der Waals surface area contributed by atoms with Gasteiger partial charge in [-0.3, -0.25) is 4.79 Å². The Kier molecular flexibility index (Phi) is 2.75. The molecule has 0 fully saturated rings. The number of anilines is 1. The van der Waals surface area contributed by atoms with Crippen molar-refractivity contribution in [3.8, 4) is 0 Å². The first-order valence-corrected chi connectivity index (χ1v) is 6.09. The maximum absolute atomic E-state index is 11.9. The van der Waals surface area contributed by atoms with Crippen LogP contribution < -0.4 is 10.0 Å². The second-order valence-electron chi connectivity index (χ2n) is 3.31. The molecule has 1 heterocycles. The van der Waals surface area contributed by atoms with Crippen LogP contribution in [-0.4, -0.2) is 31.1 Å². The lowest BCUT2D eigenvalue weighted by Gasteiger charge is -2.23. The van der Waals surface area contributed by atoms with E-state index in [1.54, 1.807) is 18.2 Å². The number of rotatable bonds is 1. The largest absolute Gasteiger partial charge is 0.410 e. The molecule has 0 aromatic heterocycles. The average molecular weight is 268 g/mol. The Hall–Kier alpha value is -2.42. The summed E-state index contributed by atoms with van der Waals surface area (Å²) < 4.78 is 27.1. The predicted octanol–water partition coefficient (Wildman–Crippen LogP) is -0.535. The summed E-state index contributed by atoms with van der Waals surface area (Å²) in [5.74, 6) is -1.70. The van der Waals surface area contributed by atoms with Crippen LogP contribution in [0.4, 0.5) is 5.69 Å². The molecule has 1 aromatic rings. The molecule has 2 rings (SSSR count). The molecule has 94 valence electrons. The molecular formula is C9H8N4O4S. The molecule has 9 heteroatoms. The third kappa shape index (κ3) is 1.80. The highest BCUT2D eigenvalue weighted by atomic mass is 32.2. The number of nitrogens with zero attached hydrogens (tertiary/aromatic N) is 3. The van der Waals surface area contributed by atoms with E-state index in [1.807, 2.05) is 0 Å². The third-order valence-corrected chi connectivity index (χ3v) is 3.43. The number of amidine groups is 1. The van der Waals surface area contributed by atoms with E-state index in [1.165, 1.54) is 12.1 Å². The second-order valence-corrected chi connectivity index (χ2v) is 4.75. The summed E-state index contributed by atoms with van der Waals surface area (Å²) in [5.41, 5.74) is 4.69. The van der Waals surface area contributed by atoms with Crippen LogP contribution in [-0.2, 0) is 15.0 Å². The molecule has 3 N–H and O–H groups in total. The molecule has 18 heavy (non-hydrogen) atoms. The van der Waals surface area contributed by atoms with Gasteiger partial charge in [0.1, 0.15) is 0 Å². The number of nitrogens with two attached hydrogens (primary N) is 1. The van der Waals surface area contributed by atoms with Crippen LogP contribution in [0.3, 0.4) is 0 Å². The number of carbonyl (C=O) groups is 1. The molecule has 0 aliphatic carbocycles. The quantitative estimate of drug-likeness (QED) is 0.523. The van der Waals surface area contributed by atoms with E-state index in [0.29, 0.717) is 4.31 Å². The monoisotopic (exact) mass is 268 g/mol. The normalized spacial score (nSPS) is 20.9.